The molecule has 0 saturated carbocycles. The van der Waals surface area contributed by atoms with Gasteiger partial charge in [-0.1, -0.05) is 56.5 Å². The van der Waals surface area contributed by atoms with Gasteiger partial charge in [-0.15, -0.1) is 0 Å². The van der Waals surface area contributed by atoms with Crippen LogP contribution in [0, 0.1) is 11.8 Å². The van der Waals surface area contributed by atoms with Crippen molar-refractivity contribution in [2.75, 3.05) is 26.2 Å². The molecule has 1 aromatic heterocycles. The van der Waals surface area contributed by atoms with Crippen molar-refractivity contribution < 1.29 is 23.5 Å². The lowest BCUT2D eigenvalue weighted by Gasteiger charge is -2.13. The van der Waals surface area contributed by atoms with Gasteiger partial charge in [0.25, 0.3) is 0 Å². The highest BCUT2D eigenvalue weighted by Crippen LogP contribution is 2.30. The second-order valence-electron chi connectivity index (χ2n) is 6.80. The second-order valence-corrected chi connectivity index (χ2v) is 6.80. The molecule has 30 heavy (non-hydrogen) atoms. The maximum Gasteiger partial charge on any atom is 0.229 e. The zero-order valence-corrected chi connectivity index (χ0v) is 17.1. The molecule has 154 valence electrons. The number of benzene rings is 1. The highest BCUT2D eigenvalue weighted by atomic mass is 16.5. The Morgan fingerprint density at radius 2 is 1.73 bits per heavy atom. The smallest absolute Gasteiger partial charge is 0.229 e. The molecule has 6 nitrogen and oxygen atoms in total. The standard InChI is InChI=1S/C24H23NO5/c1-4-25(5-2)12-8-9-13-29-16(3)14-20(26)21-15-19-22(27)17-10-6-7-11-18(17)23(28)24(19)30-21/h6-7,10-11,15H,3-5,12-14H2,1-2H3. The average molecular weight is 405 g/mol. The van der Waals surface area contributed by atoms with Crippen molar-refractivity contribution >= 4 is 17.3 Å². The minimum absolute atomic E-state index is 0.0631. The van der Waals surface area contributed by atoms with Gasteiger partial charge in [-0.3, -0.25) is 19.3 Å². The van der Waals surface area contributed by atoms with Crippen LogP contribution in [0.4, 0.5) is 0 Å². The maximum absolute atomic E-state index is 12.6. The number of ether oxygens (including phenoxy) is 1. The van der Waals surface area contributed by atoms with Crippen molar-refractivity contribution in [2.45, 2.75) is 20.3 Å². The van der Waals surface area contributed by atoms with Gasteiger partial charge >= 0.3 is 0 Å². The first-order valence-electron chi connectivity index (χ1n) is 9.80. The quantitative estimate of drug-likeness (QED) is 0.324. The van der Waals surface area contributed by atoms with Crippen molar-refractivity contribution in [3.63, 3.8) is 0 Å². The molecule has 0 aliphatic heterocycles. The minimum Gasteiger partial charge on any atom is -0.485 e. The van der Waals surface area contributed by atoms with E-state index in [1.165, 1.54) is 6.07 Å². The summed E-state index contributed by atoms with van der Waals surface area (Å²) in [5, 5.41) is 0. The lowest BCUT2D eigenvalue weighted by Crippen LogP contribution is -2.22. The van der Waals surface area contributed by atoms with E-state index in [2.05, 4.69) is 37.2 Å². The summed E-state index contributed by atoms with van der Waals surface area (Å²) < 4.78 is 10.8. The molecule has 0 atom stereocenters. The van der Waals surface area contributed by atoms with Crippen molar-refractivity contribution in [3.05, 3.63) is 70.9 Å². The van der Waals surface area contributed by atoms with Crippen molar-refractivity contribution in [3.8, 4) is 11.8 Å². The van der Waals surface area contributed by atoms with Crippen LogP contribution in [-0.4, -0.2) is 48.5 Å². The molecular formula is C24H23NO5. The molecule has 0 radical (unpaired) electrons. The van der Waals surface area contributed by atoms with E-state index in [0.717, 1.165) is 13.1 Å². The van der Waals surface area contributed by atoms with E-state index in [1.54, 1.807) is 24.3 Å². The molecule has 0 amide bonds. The fourth-order valence-corrected chi connectivity index (χ4v) is 3.13. The first-order valence-corrected chi connectivity index (χ1v) is 9.80. The second kappa shape index (κ2) is 9.38. The van der Waals surface area contributed by atoms with E-state index in [9.17, 15) is 14.4 Å². The molecular weight excluding hydrogens is 382 g/mol. The van der Waals surface area contributed by atoms with E-state index in [0.29, 0.717) is 12.1 Å². The number of carbonyl (C=O) groups is 3. The van der Waals surface area contributed by atoms with E-state index in [4.69, 9.17) is 9.15 Å². The molecule has 0 saturated heterocycles. The van der Waals surface area contributed by atoms with Crippen LogP contribution >= 0.6 is 0 Å². The number of fused-ring (bicyclic) bond motifs is 2. The summed E-state index contributed by atoms with van der Waals surface area (Å²) in [6, 6.07) is 7.85. The number of Topliss-reactive ketones (excluding diaryl/α,β-unsaturated/α-hetero) is 1. The van der Waals surface area contributed by atoms with Gasteiger partial charge in [-0.2, -0.15) is 0 Å². The highest BCUT2D eigenvalue weighted by molar-refractivity contribution is 6.27. The average Bonchev–Trinajstić information content (AvgIpc) is 3.21. The minimum atomic E-state index is -0.421. The van der Waals surface area contributed by atoms with Crippen LogP contribution in [-0.2, 0) is 4.74 Å². The van der Waals surface area contributed by atoms with E-state index in [1.807, 2.05) is 0 Å². The number of furan rings is 1. The molecule has 1 heterocycles. The molecule has 0 bridgehead atoms. The molecule has 2 aromatic rings. The lowest BCUT2D eigenvalue weighted by atomic mass is 9.88. The lowest BCUT2D eigenvalue weighted by molar-refractivity contribution is 0.0926. The third kappa shape index (κ3) is 4.42. The maximum atomic E-state index is 12.6. The Labute approximate surface area is 175 Å². The van der Waals surface area contributed by atoms with Crippen LogP contribution in [0.3, 0.4) is 0 Å². The van der Waals surface area contributed by atoms with Crippen LogP contribution in [0.15, 0.2) is 47.1 Å². The Balaban J connectivity index is 1.61. The van der Waals surface area contributed by atoms with Gasteiger partial charge in [0.1, 0.15) is 6.61 Å². The van der Waals surface area contributed by atoms with Gasteiger partial charge in [0.2, 0.25) is 11.6 Å². The van der Waals surface area contributed by atoms with Crippen molar-refractivity contribution in [1.82, 2.24) is 4.90 Å². The fraction of sp³-hybridized carbons (Fsp3) is 0.292. The van der Waals surface area contributed by atoms with Crippen LogP contribution in [0.5, 0.6) is 0 Å². The highest BCUT2D eigenvalue weighted by Gasteiger charge is 2.34. The van der Waals surface area contributed by atoms with Gasteiger partial charge in [0, 0.05) is 11.1 Å². The summed E-state index contributed by atoms with van der Waals surface area (Å²) in [6.07, 6.45) is -0.126. The summed E-state index contributed by atoms with van der Waals surface area (Å²) in [4.78, 5) is 39.9. The zero-order valence-electron chi connectivity index (χ0n) is 17.1. The van der Waals surface area contributed by atoms with Crippen molar-refractivity contribution in [2.24, 2.45) is 0 Å². The SMILES string of the molecule is C=C(CC(=O)c1cc2c(o1)C(=O)c1ccccc1C2=O)OCC#CCN(CC)CC. The van der Waals surface area contributed by atoms with Crippen LogP contribution < -0.4 is 0 Å². The summed E-state index contributed by atoms with van der Waals surface area (Å²) in [7, 11) is 0. The third-order valence-electron chi connectivity index (χ3n) is 4.90. The summed E-state index contributed by atoms with van der Waals surface area (Å²) in [5.74, 6) is 4.82. The molecule has 3 rings (SSSR count). The van der Waals surface area contributed by atoms with E-state index < -0.39 is 11.6 Å². The molecule has 1 aliphatic rings. The van der Waals surface area contributed by atoms with Gasteiger partial charge in [0.15, 0.2) is 17.3 Å². The number of hydrogen-bond donors (Lipinski definition) is 0. The monoisotopic (exact) mass is 405 g/mol. The van der Waals surface area contributed by atoms with Gasteiger partial charge in [-0.25, -0.2) is 0 Å². The number of carbonyl (C=O) groups excluding carboxylic acids is 3. The first-order chi connectivity index (χ1) is 14.5. The molecule has 6 heteroatoms. The Bertz CT molecular complexity index is 1010. The van der Waals surface area contributed by atoms with E-state index >= 15 is 0 Å². The van der Waals surface area contributed by atoms with Gasteiger partial charge in [-0.05, 0) is 19.2 Å². The van der Waals surface area contributed by atoms with Crippen LogP contribution in [0.25, 0.3) is 0 Å². The topological polar surface area (TPSA) is 76.8 Å². The fourth-order valence-electron chi connectivity index (χ4n) is 3.13. The Kier molecular flexibility index (Phi) is 6.65. The predicted molar refractivity (Wildman–Crippen MR) is 112 cm³/mol. The van der Waals surface area contributed by atoms with Gasteiger partial charge < -0.3 is 9.15 Å². The summed E-state index contributed by atoms with van der Waals surface area (Å²) in [5.41, 5.74) is 0.695. The largest absolute Gasteiger partial charge is 0.485 e. The molecule has 0 fully saturated rings. The molecule has 1 aliphatic carbocycles. The summed E-state index contributed by atoms with van der Waals surface area (Å²) in [6.45, 7) is 10.5. The first kappa shape index (κ1) is 21.3. The normalized spacial score (nSPS) is 12.1. The zero-order chi connectivity index (χ0) is 21.7. The number of allylic oxidation sites excluding steroid dienone is 1. The molecule has 0 unspecified atom stereocenters. The number of nitrogens with zero attached hydrogens (tertiary/aromatic N) is 1. The molecule has 0 spiro atoms. The number of ketones is 3. The Hall–Kier alpha value is -3.43. The number of hydrogen-bond acceptors (Lipinski definition) is 6. The van der Waals surface area contributed by atoms with Crippen LogP contribution in [0.1, 0.15) is 62.9 Å². The van der Waals surface area contributed by atoms with Crippen molar-refractivity contribution in [1.29, 1.82) is 0 Å². The molecule has 0 N–H and O–H groups in total. The van der Waals surface area contributed by atoms with Gasteiger partial charge in [0.05, 0.1) is 24.3 Å². The van der Waals surface area contributed by atoms with Crippen LogP contribution in [0.2, 0.25) is 0 Å². The predicted octanol–water partition coefficient (Wildman–Crippen LogP) is 3.50. The number of rotatable bonds is 8. The summed E-state index contributed by atoms with van der Waals surface area (Å²) >= 11 is 0. The third-order valence-corrected chi connectivity index (χ3v) is 4.90. The molecule has 1 aromatic carbocycles. The Morgan fingerprint density at radius 1 is 1.07 bits per heavy atom. The van der Waals surface area contributed by atoms with E-state index in [-0.39, 0.29) is 47.2 Å². The Morgan fingerprint density at radius 3 is 2.40 bits per heavy atom.